The van der Waals surface area contributed by atoms with Crippen LogP contribution in [0.15, 0.2) is 64.3 Å². The van der Waals surface area contributed by atoms with Gasteiger partial charge >= 0.3 is 0 Å². The van der Waals surface area contributed by atoms with E-state index in [9.17, 15) is 9.59 Å². The summed E-state index contributed by atoms with van der Waals surface area (Å²) in [6.45, 7) is 5.81. The van der Waals surface area contributed by atoms with Crippen LogP contribution in [-0.2, 0) is 11.3 Å². The summed E-state index contributed by atoms with van der Waals surface area (Å²) in [6, 6.07) is 16.9. The third-order valence-corrected chi connectivity index (χ3v) is 6.26. The van der Waals surface area contributed by atoms with Crippen LogP contribution in [0.3, 0.4) is 0 Å². The second-order valence-corrected chi connectivity index (χ2v) is 8.51. The lowest BCUT2D eigenvalue weighted by atomic mass is 10.2. The van der Waals surface area contributed by atoms with Gasteiger partial charge in [0.25, 0.3) is 5.56 Å². The first-order valence-corrected chi connectivity index (χ1v) is 11.6. The second-order valence-electron chi connectivity index (χ2n) is 7.63. The maximum absolute atomic E-state index is 13.2. The van der Waals surface area contributed by atoms with Gasteiger partial charge in [-0.1, -0.05) is 30.3 Å². The van der Waals surface area contributed by atoms with E-state index in [0.29, 0.717) is 17.8 Å². The number of hydrogen-bond donors (Lipinski definition) is 1. The number of nitrogens with zero attached hydrogens (tertiary/aromatic N) is 4. The van der Waals surface area contributed by atoms with E-state index >= 15 is 0 Å². The van der Waals surface area contributed by atoms with Crippen molar-refractivity contribution in [3.63, 3.8) is 0 Å². The molecule has 0 saturated heterocycles. The van der Waals surface area contributed by atoms with E-state index in [2.05, 4.69) is 15.5 Å². The molecular weight excluding hydrogens is 422 g/mol. The van der Waals surface area contributed by atoms with E-state index in [-0.39, 0.29) is 11.5 Å². The second kappa shape index (κ2) is 9.00. The predicted molar refractivity (Wildman–Crippen MR) is 127 cm³/mol. The molecule has 0 aliphatic heterocycles. The number of para-hydroxylation sites is 1. The van der Waals surface area contributed by atoms with Crippen LogP contribution in [0.25, 0.3) is 16.6 Å². The molecule has 2 aromatic carbocycles. The van der Waals surface area contributed by atoms with Crippen LogP contribution in [0.2, 0.25) is 0 Å². The van der Waals surface area contributed by atoms with Crippen LogP contribution < -0.4 is 10.9 Å². The molecule has 1 amide bonds. The van der Waals surface area contributed by atoms with Crippen molar-refractivity contribution in [2.24, 2.45) is 0 Å². The van der Waals surface area contributed by atoms with Gasteiger partial charge in [0.1, 0.15) is 6.04 Å². The van der Waals surface area contributed by atoms with Crippen molar-refractivity contribution in [2.45, 2.75) is 38.3 Å². The summed E-state index contributed by atoms with van der Waals surface area (Å²) in [5.41, 5.74) is 3.29. The highest BCUT2D eigenvalue weighted by Gasteiger charge is 2.23. The van der Waals surface area contributed by atoms with Crippen molar-refractivity contribution in [1.29, 1.82) is 0 Å². The van der Waals surface area contributed by atoms with Gasteiger partial charge in [-0.05, 0) is 56.9 Å². The Morgan fingerprint density at radius 1 is 1.06 bits per heavy atom. The lowest BCUT2D eigenvalue weighted by Gasteiger charge is -2.15. The van der Waals surface area contributed by atoms with Crippen LogP contribution in [0.4, 0.5) is 0 Å². The van der Waals surface area contributed by atoms with Gasteiger partial charge < -0.3 is 5.32 Å². The van der Waals surface area contributed by atoms with Gasteiger partial charge in [0, 0.05) is 11.4 Å². The molecule has 0 fully saturated rings. The smallest absolute Gasteiger partial charge is 0.295 e. The Bertz CT molecular complexity index is 1330. The first-order chi connectivity index (χ1) is 15.4. The molecule has 0 aliphatic carbocycles. The third kappa shape index (κ3) is 4.05. The summed E-state index contributed by atoms with van der Waals surface area (Å²) in [5.74, 6) is -0.272. The average Bonchev–Trinajstić information content (AvgIpc) is 3.18. The molecule has 0 spiro atoms. The van der Waals surface area contributed by atoms with Gasteiger partial charge in [0.05, 0.1) is 22.5 Å². The normalized spacial score (nSPS) is 12.1. The van der Waals surface area contributed by atoms with Crippen molar-refractivity contribution in [1.82, 2.24) is 24.9 Å². The quantitative estimate of drug-likeness (QED) is 0.455. The minimum atomic E-state index is -0.766. The number of nitrogens with one attached hydrogen (secondary N) is 1. The maximum Gasteiger partial charge on any atom is 0.295 e. The van der Waals surface area contributed by atoms with Crippen LogP contribution in [0.1, 0.15) is 29.9 Å². The number of thioether (sulfide) groups is 1. The number of aryl methyl sites for hydroxylation is 2. The van der Waals surface area contributed by atoms with Crippen molar-refractivity contribution in [2.75, 3.05) is 6.26 Å². The van der Waals surface area contributed by atoms with E-state index in [1.165, 1.54) is 9.58 Å². The number of benzene rings is 2. The average molecular weight is 448 g/mol. The minimum Gasteiger partial charge on any atom is -0.350 e. The van der Waals surface area contributed by atoms with Gasteiger partial charge in [-0.3, -0.25) is 9.59 Å². The van der Waals surface area contributed by atoms with Crippen LogP contribution >= 0.6 is 11.8 Å². The molecule has 8 heteroatoms. The summed E-state index contributed by atoms with van der Waals surface area (Å²) >= 11 is 1.67. The van der Waals surface area contributed by atoms with Crippen LogP contribution in [0.5, 0.6) is 0 Å². The van der Waals surface area contributed by atoms with Gasteiger partial charge in [-0.15, -0.1) is 11.8 Å². The summed E-state index contributed by atoms with van der Waals surface area (Å²) in [6.07, 6.45) is 2.02. The third-order valence-electron chi connectivity index (χ3n) is 5.52. The fourth-order valence-electron chi connectivity index (χ4n) is 3.73. The van der Waals surface area contributed by atoms with E-state index in [1.54, 1.807) is 23.4 Å². The Morgan fingerprint density at radius 2 is 1.75 bits per heavy atom. The molecule has 7 nitrogen and oxygen atoms in total. The van der Waals surface area contributed by atoms with Crippen molar-refractivity contribution < 1.29 is 4.79 Å². The SMILES string of the molecule is CSc1ccc(CNC(=O)[C@H](C)n2nc(C)c3c(C)n(-c4ccccc4)nc3c2=O)cc1. The number of fused-ring (bicyclic) bond motifs is 1. The Balaban J connectivity index is 1.62. The zero-order chi connectivity index (χ0) is 22.8. The first kappa shape index (κ1) is 21.8. The highest BCUT2D eigenvalue weighted by molar-refractivity contribution is 7.98. The monoisotopic (exact) mass is 447 g/mol. The standard InChI is InChI=1S/C24H25N5O2S/c1-15-21-16(2)28(19-8-6-5-7-9-19)27-22(21)24(31)29(26-15)17(3)23(30)25-14-18-10-12-20(32-4)13-11-18/h5-13,17H,14H2,1-4H3,(H,25,30)/t17-/m0/s1. The summed E-state index contributed by atoms with van der Waals surface area (Å²) in [5, 5.41) is 12.6. The van der Waals surface area contributed by atoms with Crippen molar-refractivity contribution in [3.8, 4) is 5.69 Å². The van der Waals surface area contributed by atoms with Gasteiger partial charge in [-0.25, -0.2) is 9.36 Å². The Hall–Kier alpha value is -3.39. The zero-order valence-corrected chi connectivity index (χ0v) is 19.3. The molecule has 1 N–H and O–H groups in total. The minimum absolute atomic E-state index is 0.272. The molecule has 164 valence electrons. The fourth-order valence-corrected chi connectivity index (χ4v) is 4.13. The first-order valence-electron chi connectivity index (χ1n) is 10.4. The summed E-state index contributed by atoms with van der Waals surface area (Å²) < 4.78 is 2.97. The van der Waals surface area contributed by atoms with Crippen LogP contribution in [-0.4, -0.2) is 31.7 Å². The molecule has 0 unspecified atom stereocenters. The Morgan fingerprint density at radius 3 is 2.41 bits per heavy atom. The molecule has 4 rings (SSSR count). The molecule has 32 heavy (non-hydrogen) atoms. The highest BCUT2D eigenvalue weighted by Crippen LogP contribution is 2.21. The lowest BCUT2D eigenvalue weighted by molar-refractivity contribution is -0.124. The number of carbonyl (C=O) groups is 1. The molecule has 0 saturated carbocycles. The van der Waals surface area contributed by atoms with E-state index < -0.39 is 6.04 Å². The molecule has 0 bridgehead atoms. The molecule has 0 aliphatic rings. The summed E-state index contributed by atoms with van der Waals surface area (Å²) in [7, 11) is 0. The number of hydrogen-bond acceptors (Lipinski definition) is 5. The Labute approximate surface area is 190 Å². The zero-order valence-electron chi connectivity index (χ0n) is 18.5. The molecule has 2 heterocycles. The number of aromatic nitrogens is 4. The predicted octanol–water partition coefficient (Wildman–Crippen LogP) is 3.80. The van der Waals surface area contributed by atoms with Gasteiger partial charge in [-0.2, -0.15) is 10.2 Å². The van der Waals surface area contributed by atoms with Gasteiger partial charge in [0.2, 0.25) is 5.91 Å². The Kier molecular flexibility index (Phi) is 6.14. The molecular formula is C24H25N5O2S. The largest absolute Gasteiger partial charge is 0.350 e. The molecule has 1 atom stereocenters. The number of carbonyl (C=O) groups excluding carboxylic acids is 1. The maximum atomic E-state index is 13.2. The highest BCUT2D eigenvalue weighted by atomic mass is 32.2. The van der Waals surface area contributed by atoms with Crippen LogP contribution in [0, 0.1) is 13.8 Å². The topological polar surface area (TPSA) is 81.8 Å². The molecule has 4 aromatic rings. The molecule has 2 aromatic heterocycles. The van der Waals surface area contributed by atoms with Crippen molar-refractivity contribution in [3.05, 3.63) is 81.9 Å². The van der Waals surface area contributed by atoms with Gasteiger partial charge in [0.15, 0.2) is 5.52 Å². The summed E-state index contributed by atoms with van der Waals surface area (Å²) in [4.78, 5) is 27.2. The number of amides is 1. The van der Waals surface area contributed by atoms with E-state index in [0.717, 1.165) is 22.3 Å². The van der Waals surface area contributed by atoms with E-state index in [1.807, 2.05) is 74.7 Å². The fraction of sp³-hybridized carbons (Fsp3) is 0.250. The van der Waals surface area contributed by atoms with Crippen molar-refractivity contribution >= 4 is 28.6 Å². The number of rotatable bonds is 6. The van der Waals surface area contributed by atoms with E-state index in [4.69, 9.17) is 0 Å². The molecule has 0 radical (unpaired) electrons. The lowest BCUT2D eigenvalue weighted by Crippen LogP contribution is -2.37.